The minimum atomic E-state index is -0.360. The zero-order valence-electron chi connectivity index (χ0n) is 12.9. The van der Waals surface area contributed by atoms with Crippen molar-refractivity contribution in [1.82, 2.24) is 9.88 Å². The van der Waals surface area contributed by atoms with Crippen LogP contribution < -0.4 is 0 Å². The van der Waals surface area contributed by atoms with Gasteiger partial charge in [-0.05, 0) is 48.5 Å². The lowest BCUT2D eigenvalue weighted by molar-refractivity contribution is -0.123. The summed E-state index contributed by atoms with van der Waals surface area (Å²) in [6.45, 7) is 1.95. The quantitative estimate of drug-likeness (QED) is 0.803. The Kier molecular flexibility index (Phi) is 4.45. The van der Waals surface area contributed by atoms with E-state index in [0.717, 1.165) is 22.4 Å². The van der Waals surface area contributed by atoms with E-state index < -0.39 is 0 Å². The van der Waals surface area contributed by atoms with Gasteiger partial charge in [0.15, 0.2) is 0 Å². The van der Waals surface area contributed by atoms with E-state index in [1.54, 1.807) is 36.4 Å². The molecule has 1 aromatic carbocycles. The highest BCUT2D eigenvalue weighted by atomic mass is 32.2. The second-order valence-corrected chi connectivity index (χ2v) is 6.23. The van der Waals surface area contributed by atoms with Gasteiger partial charge in [0.1, 0.15) is 0 Å². The lowest BCUT2D eigenvalue weighted by Gasteiger charge is -2.13. The van der Waals surface area contributed by atoms with Gasteiger partial charge >= 0.3 is 0 Å². The second kappa shape index (κ2) is 6.69. The van der Waals surface area contributed by atoms with Crippen LogP contribution in [0.5, 0.6) is 0 Å². The van der Waals surface area contributed by atoms with Crippen LogP contribution in [0.1, 0.15) is 22.5 Å². The smallest absolute Gasteiger partial charge is 0.268 e. The number of amides is 2. The fourth-order valence-corrected chi connectivity index (χ4v) is 3.18. The van der Waals surface area contributed by atoms with Crippen molar-refractivity contribution in [3.05, 3.63) is 69.9 Å². The maximum absolute atomic E-state index is 12.5. The first-order valence-electron chi connectivity index (χ1n) is 7.25. The number of carbonyl (C=O) groups is 2. The van der Waals surface area contributed by atoms with E-state index in [1.807, 2.05) is 19.1 Å². The van der Waals surface area contributed by atoms with Crippen LogP contribution in [0.3, 0.4) is 0 Å². The Bertz CT molecular complexity index is 899. The highest BCUT2D eigenvalue weighted by Gasteiger charge is 2.35. The molecule has 2 amide bonds. The van der Waals surface area contributed by atoms with Gasteiger partial charge in [-0.1, -0.05) is 24.3 Å². The molecule has 0 radical (unpaired) electrons. The monoisotopic (exact) mass is 335 g/mol. The SMILES string of the molecule is Cc1cccc(C=C2SC(=O)N(Cc3ccccc3C#N)C2=O)n1. The van der Waals surface area contributed by atoms with Crippen molar-refractivity contribution in [2.24, 2.45) is 0 Å². The van der Waals surface area contributed by atoms with Crippen LogP contribution in [0.4, 0.5) is 4.79 Å². The molecule has 24 heavy (non-hydrogen) atoms. The zero-order chi connectivity index (χ0) is 17.1. The van der Waals surface area contributed by atoms with Gasteiger partial charge in [-0.15, -0.1) is 0 Å². The molecule has 0 unspecified atom stereocenters. The van der Waals surface area contributed by atoms with Crippen molar-refractivity contribution in [3.8, 4) is 6.07 Å². The van der Waals surface area contributed by atoms with Gasteiger partial charge in [0.25, 0.3) is 11.1 Å². The Morgan fingerprint density at radius 2 is 2.00 bits per heavy atom. The van der Waals surface area contributed by atoms with E-state index in [1.165, 1.54) is 0 Å². The highest BCUT2D eigenvalue weighted by molar-refractivity contribution is 8.18. The topological polar surface area (TPSA) is 74.1 Å². The molecular formula is C18H13N3O2S. The van der Waals surface area contributed by atoms with E-state index in [4.69, 9.17) is 5.26 Å². The molecule has 1 fully saturated rings. The summed E-state index contributed by atoms with van der Waals surface area (Å²) in [7, 11) is 0. The number of aryl methyl sites for hydroxylation is 1. The predicted octanol–water partition coefficient (Wildman–Crippen LogP) is 3.50. The minimum Gasteiger partial charge on any atom is -0.268 e. The number of imide groups is 1. The Labute approximate surface area is 143 Å². The molecule has 0 bridgehead atoms. The number of nitriles is 1. The van der Waals surface area contributed by atoms with Gasteiger partial charge in [-0.25, -0.2) is 0 Å². The first-order valence-corrected chi connectivity index (χ1v) is 8.07. The second-order valence-electron chi connectivity index (χ2n) is 5.24. The first-order chi connectivity index (χ1) is 11.6. The summed E-state index contributed by atoms with van der Waals surface area (Å²) in [5.74, 6) is -0.360. The molecule has 1 aliphatic rings. The highest BCUT2D eigenvalue weighted by Crippen LogP contribution is 2.33. The number of thioether (sulfide) groups is 1. The Morgan fingerprint density at radius 1 is 1.21 bits per heavy atom. The lowest BCUT2D eigenvalue weighted by atomic mass is 10.1. The average molecular weight is 335 g/mol. The average Bonchev–Trinajstić information content (AvgIpc) is 2.83. The van der Waals surface area contributed by atoms with Gasteiger partial charge in [0, 0.05) is 5.69 Å². The van der Waals surface area contributed by atoms with Crippen LogP contribution in [-0.2, 0) is 11.3 Å². The Hall–Kier alpha value is -2.91. The van der Waals surface area contributed by atoms with Crippen LogP contribution in [0.2, 0.25) is 0 Å². The van der Waals surface area contributed by atoms with Gasteiger partial charge in [-0.2, -0.15) is 5.26 Å². The van der Waals surface area contributed by atoms with Crippen molar-refractivity contribution in [2.45, 2.75) is 13.5 Å². The van der Waals surface area contributed by atoms with Crippen molar-refractivity contribution in [2.75, 3.05) is 0 Å². The van der Waals surface area contributed by atoms with Crippen LogP contribution in [-0.4, -0.2) is 21.0 Å². The predicted molar refractivity (Wildman–Crippen MR) is 91.6 cm³/mol. The Balaban J connectivity index is 1.86. The standard InChI is InChI=1S/C18H13N3O2S/c1-12-5-4-8-15(20-12)9-16-17(22)21(18(23)24-16)11-14-7-3-2-6-13(14)10-19/h2-9H,11H2,1H3. The van der Waals surface area contributed by atoms with E-state index in [9.17, 15) is 9.59 Å². The van der Waals surface area contributed by atoms with Gasteiger partial charge in [0.05, 0.1) is 28.8 Å². The van der Waals surface area contributed by atoms with E-state index in [-0.39, 0.29) is 17.7 Å². The van der Waals surface area contributed by atoms with E-state index in [0.29, 0.717) is 21.7 Å². The molecule has 0 atom stereocenters. The fraction of sp³-hybridized carbons (Fsp3) is 0.111. The summed E-state index contributed by atoms with van der Waals surface area (Å²) in [5.41, 5.74) is 2.59. The number of nitrogens with zero attached hydrogens (tertiary/aromatic N) is 3. The molecule has 118 valence electrons. The summed E-state index contributed by atoms with van der Waals surface area (Å²) < 4.78 is 0. The molecule has 1 aromatic heterocycles. The molecule has 2 heterocycles. The van der Waals surface area contributed by atoms with Crippen molar-refractivity contribution < 1.29 is 9.59 Å². The third-order valence-corrected chi connectivity index (χ3v) is 4.44. The summed E-state index contributed by atoms with van der Waals surface area (Å²) >= 11 is 0.891. The van der Waals surface area contributed by atoms with Crippen LogP contribution in [0.15, 0.2) is 47.4 Å². The third-order valence-electron chi connectivity index (χ3n) is 3.53. The maximum atomic E-state index is 12.5. The van der Waals surface area contributed by atoms with Gasteiger partial charge in [0.2, 0.25) is 0 Å². The van der Waals surface area contributed by atoms with Crippen molar-refractivity contribution in [3.63, 3.8) is 0 Å². The number of rotatable bonds is 3. The molecule has 0 N–H and O–H groups in total. The van der Waals surface area contributed by atoms with Gasteiger partial charge in [-0.3, -0.25) is 19.5 Å². The fourth-order valence-electron chi connectivity index (χ4n) is 2.35. The molecule has 2 aromatic rings. The summed E-state index contributed by atoms with van der Waals surface area (Å²) in [4.78, 5) is 30.5. The van der Waals surface area contributed by atoms with Crippen LogP contribution >= 0.6 is 11.8 Å². The molecule has 5 nitrogen and oxygen atoms in total. The number of benzene rings is 1. The lowest BCUT2D eigenvalue weighted by Crippen LogP contribution is -2.27. The number of carbonyl (C=O) groups excluding carboxylic acids is 2. The minimum absolute atomic E-state index is 0.0903. The Morgan fingerprint density at radius 3 is 2.75 bits per heavy atom. The third kappa shape index (κ3) is 3.21. The molecule has 0 spiro atoms. The number of pyridine rings is 1. The molecular weight excluding hydrogens is 322 g/mol. The summed E-state index contributed by atoms with van der Waals surface area (Å²) in [5, 5.41) is 8.79. The van der Waals surface area contributed by atoms with E-state index in [2.05, 4.69) is 11.1 Å². The van der Waals surface area contributed by atoms with Crippen LogP contribution in [0, 0.1) is 18.3 Å². The van der Waals surface area contributed by atoms with Crippen molar-refractivity contribution >= 4 is 29.0 Å². The van der Waals surface area contributed by atoms with E-state index >= 15 is 0 Å². The molecule has 1 saturated heterocycles. The van der Waals surface area contributed by atoms with Gasteiger partial charge < -0.3 is 0 Å². The molecule has 6 heteroatoms. The first kappa shape index (κ1) is 16.0. The number of hydrogen-bond donors (Lipinski definition) is 0. The number of hydrogen-bond acceptors (Lipinski definition) is 5. The largest absolute Gasteiger partial charge is 0.293 e. The maximum Gasteiger partial charge on any atom is 0.293 e. The summed E-state index contributed by atoms with van der Waals surface area (Å²) in [6, 6.07) is 14.5. The van der Waals surface area contributed by atoms with Crippen LogP contribution in [0.25, 0.3) is 6.08 Å². The molecule has 1 aliphatic heterocycles. The summed E-state index contributed by atoms with van der Waals surface area (Å²) in [6.07, 6.45) is 1.62. The molecule has 0 aliphatic carbocycles. The number of aromatic nitrogens is 1. The normalized spacial score (nSPS) is 15.8. The molecule has 3 rings (SSSR count). The van der Waals surface area contributed by atoms with Crippen molar-refractivity contribution in [1.29, 1.82) is 5.26 Å². The zero-order valence-corrected chi connectivity index (χ0v) is 13.7. The molecule has 0 saturated carbocycles.